The van der Waals surface area contributed by atoms with Crippen LogP contribution in [0.25, 0.3) is 10.8 Å². The second kappa shape index (κ2) is 21.3. The van der Waals surface area contributed by atoms with Crippen LogP contribution in [0.5, 0.6) is 17.2 Å². The molecule has 324 valence electrons. The van der Waals surface area contributed by atoms with Crippen molar-refractivity contribution in [3.05, 3.63) is 126 Å². The zero-order valence-corrected chi connectivity index (χ0v) is 35.9. The Labute approximate surface area is 364 Å². The van der Waals surface area contributed by atoms with Crippen molar-refractivity contribution in [2.75, 3.05) is 38.9 Å². The maximum atomic E-state index is 14.2. The molecule has 6 atom stereocenters. The second-order valence-corrected chi connectivity index (χ2v) is 16.5. The van der Waals surface area contributed by atoms with Gasteiger partial charge in [-0.3, -0.25) is 4.90 Å². The molecule has 0 radical (unpaired) electrons. The average Bonchev–Trinajstić information content (AvgIpc) is 3.28. The molecular formula is C50H59ClN2O8. The number of hydrogen-bond acceptors (Lipinski definition) is 9. The first-order valence-corrected chi connectivity index (χ1v) is 22.4. The van der Waals surface area contributed by atoms with Crippen LogP contribution in [0.15, 0.2) is 120 Å². The van der Waals surface area contributed by atoms with Crippen LogP contribution >= 0.6 is 11.6 Å². The summed E-state index contributed by atoms with van der Waals surface area (Å²) in [6, 6.07) is 29.5. The molecule has 0 aromatic heterocycles. The third-order valence-corrected chi connectivity index (χ3v) is 12.4. The number of oxime groups is 1. The van der Waals surface area contributed by atoms with Crippen molar-refractivity contribution < 1.29 is 38.8 Å². The van der Waals surface area contributed by atoms with Gasteiger partial charge in [0.05, 0.1) is 24.1 Å². The maximum Gasteiger partial charge on any atom is 0.410 e. The molecule has 61 heavy (non-hydrogen) atoms. The Morgan fingerprint density at radius 3 is 2.44 bits per heavy atom. The highest BCUT2D eigenvalue weighted by Gasteiger charge is 2.65. The van der Waals surface area contributed by atoms with E-state index in [4.69, 9.17) is 40.5 Å². The molecule has 7 rings (SSSR count). The quantitative estimate of drug-likeness (QED) is 0.0368. The Bertz CT molecular complexity index is 2140. The van der Waals surface area contributed by atoms with Crippen LogP contribution < -0.4 is 9.47 Å². The number of alkyl halides is 1. The molecule has 3 aliphatic rings. The molecule has 0 saturated heterocycles. The third kappa shape index (κ3) is 9.94. The number of amides is 1. The van der Waals surface area contributed by atoms with Crippen LogP contribution in [-0.4, -0.2) is 77.6 Å². The number of carbonyl (C=O) groups is 1. The van der Waals surface area contributed by atoms with Crippen molar-refractivity contribution in [2.24, 2.45) is 22.9 Å². The van der Waals surface area contributed by atoms with Gasteiger partial charge in [0.25, 0.3) is 0 Å². The van der Waals surface area contributed by atoms with Gasteiger partial charge in [-0.1, -0.05) is 97.7 Å². The fraction of sp³-hybridized carbons (Fsp3) is 0.440. The minimum absolute atomic E-state index is 0.0539. The number of fused-ring (bicyclic) bond motifs is 3. The number of unbranched alkanes of at least 4 members (excludes halogenated alkanes) is 2. The molecule has 1 aliphatic heterocycles. The Morgan fingerprint density at radius 2 is 1.69 bits per heavy atom. The number of halogens is 1. The lowest BCUT2D eigenvalue weighted by atomic mass is 9.55. The monoisotopic (exact) mass is 850 g/mol. The SMILES string of the molecule is C=CCOC12Oc3ccc(Oc4ccc5ccccc5c4)cc3C3C(CCCCO)C(CCCCO)C=C(C(=NOCc4ccccc4)CC1N(CCC)C(=O)OCCCl)C32. The molecule has 4 aromatic rings. The molecule has 2 aliphatic carbocycles. The van der Waals surface area contributed by atoms with E-state index < -0.39 is 23.8 Å². The largest absolute Gasteiger partial charge is 0.459 e. The molecule has 11 heteroatoms. The molecule has 2 N–H and O–H groups in total. The molecule has 0 spiro atoms. The average molecular weight is 851 g/mol. The van der Waals surface area contributed by atoms with Crippen LogP contribution in [0.4, 0.5) is 4.79 Å². The summed E-state index contributed by atoms with van der Waals surface area (Å²) in [4.78, 5) is 22.1. The van der Waals surface area contributed by atoms with Gasteiger partial charge in [-0.05, 0) is 96.2 Å². The number of carbonyl (C=O) groups excluding carboxylic acids is 1. The standard InChI is InChI=1S/C50H59ClN2O8/c1-3-25-53(49(56)57-29-24-51)46-33-44(52-59-34-35-14-6-5-7-15-35)42-31-38(18-10-12-26-54)41(19-11-13-27-55)47-43-32-40(60-39-21-20-36-16-8-9-17-37(36)30-39)22-23-45(43)61-50(46,48(42)47)58-28-4-2/h4-9,14-17,20-23,30-32,38,41,46-48,54-55H,2-3,10-13,18-19,24-29,33-34H2,1H3. The predicted octanol–water partition coefficient (Wildman–Crippen LogP) is 10.6. The van der Waals surface area contributed by atoms with Gasteiger partial charge in [0, 0.05) is 37.7 Å². The number of benzene rings is 4. The van der Waals surface area contributed by atoms with E-state index in [0.717, 1.165) is 64.6 Å². The van der Waals surface area contributed by atoms with Gasteiger partial charge in [0.15, 0.2) is 0 Å². The van der Waals surface area contributed by atoms with Crippen molar-refractivity contribution in [1.29, 1.82) is 0 Å². The normalized spacial score (nSPS) is 23.3. The van der Waals surface area contributed by atoms with Crippen LogP contribution in [0, 0.1) is 17.8 Å². The predicted molar refractivity (Wildman–Crippen MR) is 239 cm³/mol. The molecule has 6 unspecified atom stereocenters. The van der Waals surface area contributed by atoms with Crippen molar-refractivity contribution in [3.8, 4) is 17.2 Å². The number of nitrogens with zero attached hydrogens (tertiary/aromatic N) is 2. The number of rotatable bonds is 21. The number of ether oxygens (including phenoxy) is 4. The summed E-state index contributed by atoms with van der Waals surface area (Å²) in [7, 11) is 0. The summed E-state index contributed by atoms with van der Waals surface area (Å²) >= 11 is 6.05. The number of aliphatic hydroxyl groups is 2. The Kier molecular flexibility index (Phi) is 15.4. The fourth-order valence-electron chi connectivity index (χ4n) is 9.66. The zero-order valence-electron chi connectivity index (χ0n) is 35.1. The number of hydrogen-bond donors (Lipinski definition) is 2. The van der Waals surface area contributed by atoms with Crippen LogP contribution in [0.1, 0.15) is 75.3 Å². The molecule has 10 nitrogen and oxygen atoms in total. The lowest BCUT2D eigenvalue weighted by molar-refractivity contribution is -0.255. The summed E-state index contributed by atoms with van der Waals surface area (Å²) in [5.41, 5.74) is 3.64. The van der Waals surface area contributed by atoms with E-state index in [9.17, 15) is 15.0 Å². The molecule has 1 heterocycles. The van der Waals surface area contributed by atoms with Crippen LogP contribution in [-0.2, 0) is 20.9 Å². The smallest absolute Gasteiger partial charge is 0.410 e. The summed E-state index contributed by atoms with van der Waals surface area (Å²) in [5, 5.41) is 27.0. The van der Waals surface area contributed by atoms with Gasteiger partial charge in [-0.15, -0.1) is 18.2 Å². The Hall–Kier alpha value is -4.87. The molecule has 1 fully saturated rings. The zero-order chi connectivity index (χ0) is 42.6. The summed E-state index contributed by atoms with van der Waals surface area (Å²) in [6.45, 7) is 7.12. The van der Waals surface area contributed by atoms with E-state index in [-0.39, 0.29) is 63.1 Å². The third-order valence-electron chi connectivity index (χ3n) is 12.2. The van der Waals surface area contributed by atoms with Gasteiger partial charge in [-0.2, -0.15) is 0 Å². The van der Waals surface area contributed by atoms with Crippen LogP contribution in [0.2, 0.25) is 0 Å². The highest BCUT2D eigenvalue weighted by Crippen LogP contribution is 2.62. The van der Waals surface area contributed by atoms with Gasteiger partial charge < -0.3 is 34.0 Å². The molecule has 4 aromatic carbocycles. The van der Waals surface area contributed by atoms with Crippen molar-refractivity contribution in [3.63, 3.8) is 0 Å². The Morgan fingerprint density at radius 1 is 0.951 bits per heavy atom. The molecule has 1 saturated carbocycles. The van der Waals surface area contributed by atoms with Gasteiger partial charge in [0.1, 0.15) is 36.5 Å². The van der Waals surface area contributed by atoms with Gasteiger partial charge in [-0.25, -0.2) is 4.79 Å². The first kappa shape index (κ1) is 44.2. The fourth-order valence-corrected chi connectivity index (χ4v) is 9.74. The van der Waals surface area contributed by atoms with E-state index in [0.29, 0.717) is 37.3 Å². The van der Waals surface area contributed by atoms with Crippen molar-refractivity contribution in [2.45, 2.75) is 82.6 Å². The lowest BCUT2D eigenvalue weighted by Crippen LogP contribution is -2.70. The first-order chi connectivity index (χ1) is 29.9. The van der Waals surface area contributed by atoms with Gasteiger partial charge in [0.2, 0.25) is 5.79 Å². The minimum atomic E-state index is -1.39. The minimum Gasteiger partial charge on any atom is -0.459 e. The number of aliphatic hydroxyl groups excluding tert-OH is 2. The highest BCUT2D eigenvalue weighted by atomic mass is 35.5. The first-order valence-electron chi connectivity index (χ1n) is 21.8. The summed E-state index contributed by atoms with van der Waals surface area (Å²) < 4.78 is 26.8. The molecular weight excluding hydrogens is 792 g/mol. The van der Waals surface area contributed by atoms with Crippen LogP contribution in [0.3, 0.4) is 0 Å². The van der Waals surface area contributed by atoms with Crippen molar-refractivity contribution >= 4 is 34.2 Å². The highest BCUT2D eigenvalue weighted by molar-refractivity contribution is 6.18. The Balaban J connectivity index is 1.42. The molecule has 1 amide bonds. The van der Waals surface area contributed by atoms with E-state index in [1.807, 2.05) is 73.7 Å². The van der Waals surface area contributed by atoms with Crippen molar-refractivity contribution in [1.82, 2.24) is 4.90 Å². The van der Waals surface area contributed by atoms with E-state index >= 15 is 0 Å². The summed E-state index contributed by atoms with van der Waals surface area (Å²) in [5.74, 6) is 0.308. The van der Waals surface area contributed by atoms with E-state index in [1.165, 1.54) is 0 Å². The van der Waals surface area contributed by atoms with E-state index in [2.05, 4.69) is 36.9 Å². The topological polar surface area (TPSA) is 119 Å². The summed E-state index contributed by atoms with van der Waals surface area (Å²) in [6.07, 6.45) is 9.14. The molecule has 0 bridgehead atoms. The van der Waals surface area contributed by atoms with E-state index in [1.54, 1.807) is 11.0 Å². The second-order valence-electron chi connectivity index (χ2n) is 16.1. The lowest BCUT2D eigenvalue weighted by Gasteiger charge is -2.59. The number of allylic oxidation sites excluding steroid dienone is 1. The van der Waals surface area contributed by atoms with Gasteiger partial charge >= 0.3 is 6.09 Å². The maximum absolute atomic E-state index is 14.2.